The summed E-state index contributed by atoms with van der Waals surface area (Å²) in [6.45, 7) is 4.96. The van der Waals surface area contributed by atoms with E-state index in [0.717, 1.165) is 16.4 Å². The van der Waals surface area contributed by atoms with Gasteiger partial charge in [-0.3, -0.25) is 13.9 Å². The molecule has 0 radical (unpaired) electrons. The first-order valence-corrected chi connectivity index (χ1v) is 15.5. The Morgan fingerprint density at radius 1 is 0.930 bits per heavy atom. The number of nitrogens with one attached hydrogen (secondary N) is 1. The van der Waals surface area contributed by atoms with E-state index in [4.69, 9.17) is 32.7 Å². The second-order valence-electron chi connectivity index (χ2n) is 10.1. The summed E-state index contributed by atoms with van der Waals surface area (Å²) < 4.78 is 53.2. The third kappa shape index (κ3) is 8.52. The van der Waals surface area contributed by atoms with Crippen molar-refractivity contribution in [1.29, 1.82) is 0 Å². The third-order valence-corrected chi connectivity index (χ3v) is 8.90. The molecular weight excluding hydrogens is 620 g/mol. The van der Waals surface area contributed by atoms with Gasteiger partial charge in [0.05, 0.1) is 24.8 Å². The molecular formula is C30H34Cl2FN3O6S. The molecule has 0 bridgehead atoms. The predicted molar refractivity (Wildman–Crippen MR) is 165 cm³/mol. The topological polar surface area (TPSA) is 105 Å². The van der Waals surface area contributed by atoms with Crippen LogP contribution in [0.1, 0.15) is 26.3 Å². The minimum Gasteiger partial charge on any atom is -0.493 e. The maximum Gasteiger partial charge on any atom is 0.264 e. The van der Waals surface area contributed by atoms with Crippen molar-refractivity contribution < 1.29 is 31.9 Å². The monoisotopic (exact) mass is 653 g/mol. The summed E-state index contributed by atoms with van der Waals surface area (Å²) in [6.07, 6.45) is 0. The van der Waals surface area contributed by atoms with Crippen molar-refractivity contribution in [2.24, 2.45) is 5.92 Å². The van der Waals surface area contributed by atoms with Crippen molar-refractivity contribution in [2.45, 2.75) is 38.3 Å². The van der Waals surface area contributed by atoms with Gasteiger partial charge in [0.1, 0.15) is 18.4 Å². The van der Waals surface area contributed by atoms with E-state index in [9.17, 15) is 22.4 Å². The zero-order valence-corrected chi connectivity index (χ0v) is 26.8. The summed E-state index contributed by atoms with van der Waals surface area (Å²) in [5.41, 5.74) is 0.532. The zero-order valence-electron chi connectivity index (χ0n) is 24.4. The number of halogens is 3. The van der Waals surface area contributed by atoms with Crippen molar-refractivity contribution in [1.82, 2.24) is 10.2 Å². The van der Waals surface area contributed by atoms with Gasteiger partial charge >= 0.3 is 0 Å². The average molecular weight is 655 g/mol. The summed E-state index contributed by atoms with van der Waals surface area (Å²) in [4.78, 5) is 28.2. The van der Waals surface area contributed by atoms with E-state index >= 15 is 0 Å². The fraction of sp³-hybridized carbons (Fsp3) is 0.333. The summed E-state index contributed by atoms with van der Waals surface area (Å²) in [5, 5.41) is 3.47. The maximum absolute atomic E-state index is 14.0. The number of carbonyl (C=O) groups is 2. The van der Waals surface area contributed by atoms with Crippen molar-refractivity contribution in [2.75, 3.05) is 31.6 Å². The van der Waals surface area contributed by atoms with Crippen LogP contribution in [0, 0.1) is 11.7 Å². The van der Waals surface area contributed by atoms with Gasteiger partial charge in [0, 0.05) is 29.2 Å². The van der Waals surface area contributed by atoms with Gasteiger partial charge in [0.15, 0.2) is 11.5 Å². The Bertz CT molecular complexity index is 1550. The largest absolute Gasteiger partial charge is 0.493 e. The van der Waals surface area contributed by atoms with Crippen molar-refractivity contribution >= 4 is 50.7 Å². The summed E-state index contributed by atoms with van der Waals surface area (Å²) in [7, 11) is -1.65. The van der Waals surface area contributed by atoms with E-state index in [2.05, 4.69) is 5.32 Å². The minimum atomic E-state index is -4.42. The van der Waals surface area contributed by atoms with E-state index < -0.39 is 40.2 Å². The molecule has 3 rings (SSSR count). The number of hydrogen-bond donors (Lipinski definition) is 1. The Morgan fingerprint density at radius 3 is 2.16 bits per heavy atom. The van der Waals surface area contributed by atoms with Crippen molar-refractivity contribution in [3.63, 3.8) is 0 Å². The molecule has 0 fully saturated rings. The minimum absolute atomic E-state index is 0.0333. The highest BCUT2D eigenvalue weighted by Crippen LogP contribution is 2.32. The molecule has 3 aromatic carbocycles. The molecule has 0 aliphatic carbocycles. The van der Waals surface area contributed by atoms with Crippen LogP contribution in [0.5, 0.6) is 11.5 Å². The van der Waals surface area contributed by atoms with E-state index in [0.29, 0.717) is 22.9 Å². The molecule has 232 valence electrons. The van der Waals surface area contributed by atoms with Gasteiger partial charge in [-0.1, -0.05) is 43.1 Å². The summed E-state index contributed by atoms with van der Waals surface area (Å²) >= 11 is 12.5. The number of rotatable bonds is 13. The van der Waals surface area contributed by atoms with Crippen LogP contribution in [0.15, 0.2) is 65.6 Å². The van der Waals surface area contributed by atoms with Gasteiger partial charge in [0.25, 0.3) is 10.0 Å². The lowest BCUT2D eigenvalue weighted by Crippen LogP contribution is -2.51. The average Bonchev–Trinajstić information content (AvgIpc) is 2.97. The van der Waals surface area contributed by atoms with E-state index in [1.807, 2.05) is 13.8 Å². The van der Waals surface area contributed by atoms with Crippen LogP contribution >= 0.6 is 23.2 Å². The molecule has 0 saturated heterocycles. The second-order valence-corrected chi connectivity index (χ2v) is 12.8. The zero-order chi connectivity index (χ0) is 31.9. The first kappa shape index (κ1) is 34.0. The lowest BCUT2D eigenvalue weighted by molar-refractivity contribution is -0.139. The number of carbonyl (C=O) groups excluding carboxylic acids is 2. The van der Waals surface area contributed by atoms with Crippen molar-refractivity contribution in [3.8, 4) is 11.5 Å². The van der Waals surface area contributed by atoms with Crippen LogP contribution in [-0.2, 0) is 26.2 Å². The summed E-state index contributed by atoms with van der Waals surface area (Å²) in [6, 6.07) is 12.4. The van der Waals surface area contributed by atoms with Crippen LogP contribution in [0.2, 0.25) is 10.0 Å². The smallest absolute Gasteiger partial charge is 0.264 e. The van der Waals surface area contributed by atoms with E-state index in [1.54, 1.807) is 19.1 Å². The number of methoxy groups -OCH3 is 2. The molecule has 1 N–H and O–H groups in total. The number of nitrogens with zero attached hydrogens (tertiary/aromatic N) is 2. The fourth-order valence-corrected chi connectivity index (χ4v) is 6.01. The molecule has 0 saturated carbocycles. The van der Waals surface area contributed by atoms with Gasteiger partial charge < -0.3 is 19.7 Å². The number of hydrogen-bond acceptors (Lipinski definition) is 6. The van der Waals surface area contributed by atoms with Crippen LogP contribution in [0.4, 0.5) is 10.1 Å². The molecule has 9 nitrogen and oxygen atoms in total. The SMILES string of the molecule is COc1ccc(S(=O)(=O)N(CC(=O)N(Cc2ccc(Cl)cc2Cl)[C@@H](C)C(=O)NCC(C)C)c2ccc(F)cc2)cc1OC. The Hall–Kier alpha value is -3.54. The Morgan fingerprint density at radius 2 is 1.58 bits per heavy atom. The van der Waals surface area contributed by atoms with Gasteiger partial charge in [-0.05, 0) is 66.9 Å². The molecule has 13 heteroatoms. The van der Waals surface area contributed by atoms with Crippen molar-refractivity contribution in [3.05, 3.63) is 82.1 Å². The van der Waals surface area contributed by atoms with E-state index in [-0.39, 0.29) is 33.8 Å². The molecule has 0 spiro atoms. The number of ether oxygens (including phenoxy) is 2. The maximum atomic E-state index is 14.0. The standard InChI is InChI=1S/C30H34Cl2FN3O6S/c1-19(2)16-34-30(38)20(3)35(17-21-6-7-22(31)14-26(21)32)29(37)18-36(24-10-8-23(33)9-11-24)43(39,40)25-12-13-27(41-4)28(15-25)42-5/h6-15,19-20H,16-18H2,1-5H3,(H,34,38)/t20-/m0/s1. The number of amides is 2. The van der Waals surface area contributed by atoms with Gasteiger partial charge in [0.2, 0.25) is 11.8 Å². The van der Waals surface area contributed by atoms with Crippen LogP contribution in [0.3, 0.4) is 0 Å². The molecule has 0 aromatic heterocycles. The molecule has 0 aliphatic rings. The summed E-state index contributed by atoms with van der Waals surface area (Å²) in [5.74, 6) is -1.10. The number of sulfonamides is 1. The first-order chi connectivity index (χ1) is 20.3. The van der Waals surface area contributed by atoms with Crippen LogP contribution < -0.4 is 19.1 Å². The van der Waals surface area contributed by atoms with Gasteiger partial charge in [-0.25, -0.2) is 12.8 Å². The normalized spacial score (nSPS) is 12.0. The highest BCUT2D eigenvalue weighted by molar-refractivity contribution is 7.92. The first-order valence-electron chi connectivity index (χ1n) is 13.3. The number of benzene rings is 3. The van der Waals surface area contributed by atoms with Gasteiger partial charge in [-0.15, -0.1) is 0 Å². The molecule has 0 aliphatic heterocycles. The second kappa shape index (κ2) is 14.8. The molecule has 43 heavy (non-hydrogen) atoms. The Kier molecular flexibility index (Phi) is 11.7. The lowest BCUT2D eigenvalue weighted by Gasteiger charge is -2.32. The van der Waals surface area contributed by atoms with Gasteiger partial charge in [-0.2, -0.15) is 0 Å². The lowest BCUT2D eigenvalue weighted by atomic mass is 10.1. The molecule has 0 heterocycles. The highest BCUT2D eigenvalue weighted by atomic mass is 35.5. The highest BCUT2D eigenvalue weighted by Gasteiger charge is 2.33. The molecule has 0 unspecified atom stereocenters. The molecule has 3 aromatic rings. The predicted octanol–water partition coefficient (Wildman–Crippen LogP) is 5.53. The van der Waals surface area contributed by atoms with E-state index in [1.165, 1.54) is 55.5 Å². The fourth-order valence-electron chi connectivity index (χ4n) is 4.11. The molecule has 1 atom stereocenters. The quantitative estimate of drug-likeness (QED) is 0.260. The van der Waals surface area contributed by atoms with Crippen LogP contribution in [-0.4, -0.2) is 58.5 Å². The number of anilines is 1. The molecule has 2 amide bonds. The Labute approximate surface area is 261 Å². The third-order valence-electron chi connectivity index (χ3n) is 6.54. The van der Waals surface area contributed by atoms with Crippen LogP contribution in [0.25, 0.3) is 0 Å². The Balaban J connectivity index is 2.07.